The minimum absolute atomic E-state index is 0.136. The highest BCUT2D eigenvalue weighted by Gasteiger charge is 2.29. The van der Waals surface area contributed by atoms with Gasteiger partial charge in [-0.15, -0.1) is 0 Å². The lowest BCUT2D eigenvalue weighted by atomic mass is 10.1. The third-order valence-electron chi connectivity index (χ3n) is 3.26. The lowest BCUT2D eigenvalue weighted by molar-refractivity contribution is -0.138. The van der Waals surface area contributed by atoms with Crippen LogP contribution in [0.15, 0.2) is 24.3 Å². The van der Waals surface area contributed by atoms with E-state index in [1.807, 2.05) is 5.32 Å². The van der Waals surface area contributed by atoms with Crippen molar-refractivity contribution in [3.63, 3.8) is 0 Å². The molecule has 1 aliphatic heterocycles. The molecule has 23 heavy (non-hydrogen) atoms. The summed E-state index contributed by atoms with van der Waals surface area (Å²) < 4.78 is 0. The zero-order valence-electron chi connectivity index (χ0n) is 12.0. The highest BCUT2D eigenvalue weighted by molar-refractivity contribution is 6.05. The first-order chi connectivity index (χ1) is 10.8. The highest BCUT2D eigenvalue weighted by atomic mass is 16.4. The summed E-state index contributed by atoms with van der Waals surface area (Å²) in [7, 11) is 0. The van der Waals surface area contributed by atoms with Crippen LogP contribution in [0.25, 0.3) is 0 Å². The molecule has 1 fully saturated rings. The molecule has 0 radical (unpaired) electrons. The Morgan fingerprint density at radius 1 is 1.30 bits per heavy atom. The van der Waals surface area contributed by atoms with Crippen LogP contribution >= 0.6 is 0 Å². The largest absolute Gasteiger partial charge is 0.480 e. The summed E-state index contributed by atoms with van der Waals surface area (Å²) in [5, 5.41) is 15.7. The molecule has 9 heteroatoms. The van der Waals surface area contributed by atoms with Crippen LogP contribution in [0.4, 0.5) is 10.5 Å². The van der Waals surface area contributed by atoms with Gasteiger partial charge in [-0.2, -0.15) is 0 Å². The number of nitrogens with one attached hydrogen (secondary N) is 3. The second kappa shape index (κ2) is 6.88. The molecule has 2 atom stereocenters. The maximum Gasteiger partial charge on any atom is 0.322 e. The van der Waals surface area contributed by atoms with Gasteiger partial charge >= 0.3 is 12.0 Å². The standard InChI is InChI=1S/C14H16N4O5/c15-9(13(21)22)5-7-1-3-8(4-2-7)16-12(20)10-6-11(19)18-14(23)17-10/h1-4,9-10H,5-6,15H2,(H,16,20)(H,21,22)(H2,17,18,19,23)/t9-,10-/m0/s1. The van der Waals surface area contributed by atoms with Gasteiger partial charge in [0.05, 0.1) is 6.42 Å². The molecule has 6 N–H and O–H groups in total. The van der Waals surface area contributed by atoms with Crippen molar-refractivity contribution >= 4 is 29.5 Å². The first kappa shape index (κ1) is 16.4. The van der Waals surface area contributed by atoms with Crippen molar-refractivity contribution in [3.05, 3.63) is 29.8 Å². The number of imide groups is 1. The number of rotatable bonds is 5. The van der Waals surface area contributed by atoms with Crippen molar-refractivity contribution in [2.24, 2.45) is 5.73 Å². The minimum Gasteiger partial charge on any atom is -0.480 e. The molecule has 2 rings (SSSR count). The number of carbonyl (C=O) groups is 4. The van der Waals surface area contributed by atoms with Gasteiger partial charge < -0.3 is 21.5 Å². The zero-order chi connectivity index (χ0) is 17.0. The van der Waals surface area contributed by atoms with Gasteiger partial charge in [0.15, 0.2) is 0 Å². The molecule has 1 aromatic carbocycles. The molecular weight excluding hydrogens is 304 g/mol. The van der Waals surface area contributed by atoms with Gasteiger partial charge in [0.2, 0.25) is 11.8 Å². The van der Waals surface area contributed by atoms with E-state index in [9.17, 15) is 19.2 Å². The molecule has 1 aliphatic rings. The normalized spacial score (nSPS) is 18.6. The molecule has 0 bridgehead atoms. The Kier molecular flexibility index (Phi) is 4.91. The number of hydrogen-bond acceptors (Lipinski definition) is 5. The Morgan fingerprint density at radius 3 is 2.52 bits per heavy atom. The fourth-order valence-corrected chi connectivity index (χ4v) is 2.06. The van der Waals surface area contributed by atoms with Crippen molar-refractivity contribution in [1.82, 2.24) is 10.6 Å². The van der Waals surface area contributed by atoms with Crippen LogP contribution in [0.2, 0.25) is 0 Å². The Bertz CT molecular complexity index is 627. The van der Waals surface area contributed by atoms with Crippen LogP contribution in [0.1, 0.15) is 12.0 Å². The highest BCUT2D eigenvalue weighted by Crippen LogP contribution is 2.12. The fraction of sp³-hybridized carbons (Fsp3) is 0.286. The lowest BCUT2D eigenvalue weighted by Gasteiger charge is -2.22. The van der Waals surface area contributed by atoms with Gasteiger partial charge in [0.25, 0.3) is 0 Å². The Balaban J connectivity index is 1.95. The Labute approximate surface area is 131 Å². The number of anilines is 1. The van der Waals surface area contributed by atoms with Crippen LogP contribution < -0.4 is 21.7 Å². The first-order valence-electron chi connectivity index (χ1n) is 6.83. The average Bonchev–Trinajstić information content (AvgIpc) is 2.48. The van der Waals surface area contributed by atoms with E-state index in [1.165, 1.54) is 0 Å². The summed E-state index contributed by atoms with van der Waals surface area (Å²) >= 11 is 0. The van der Waals surface area contributed by atoms with E-state index in [0.717, 1.165) is 0 Å². The molecule has 1 aromatic rings. The number of carboxylic acids is 1. The predicted octanol–water partition coefficient (Wildman–Crippen LogP) is -0.822. The van der Waals surface area contributed by atoms with E-state index in [1.54, 1.807) is 24.3 Å². The smallest absolute Gasteiger partial charge is 0.322 e. The number of urea groups is 1. The van der Waals surface area contributed by atoms with Gasteiger partial charge in [0, 0.05) is 5.69 Å². The average molecular weight is 320 g/mol. The SMILES string of the molecule is N[C@@H](Cc1ccc(NC(=O)[C@@H]2CC(=O)NC(=O)N2)cc1)C(=O)O. The lowest BCUT2D eigenvalue weighted by Crippen LogP contribution is -2.56. The predicted molar refractivity (Wildman–Crippen MR) is 79.5 cm³/mol. The van der Waals surface area contributed by atoms with Gasteiger partial charge in [-0.05, 0) is 24.1 Å². The van der Waals surface area contributed by atoms with Crippen LogP contribution in [-0.2, 0) is 20.8 Å². The number of nitrogens with two attached hydrogens (primary N) is 1. The number of amides is 4. The Hall–Kier alpha value is -2.94. The van der Waals surface area contributed by atoms with Gasteiger partial charge in [-0.25, -0.2) is 4.79 Å². The molecule has 0 aromatic heterocycles. The van der Waals surface area contributed by atoms with Crippen LogP contribution in [0.5, 0.6) is 0 Å². The number of hydrogen-bond donors (Lipinski definition) is 5. The topological polar surface area (TPSA) is 151 Å². The zero-order valence-corrected chi connectivity index (χ0v) is 12.0. The molecule has 1 saturated heterocycles. The van der Waals surface area contributed by atoms with E-state index in [2.05, 4.69) is 10.6 Å². The number of aliphatic carboxylic acids is 1. The molecule has 0 saturated carbocycles. The van der Waals surface area contributed by atoms with Gasteiger partial charge in [-0.3, -0.25) is 19.7 Å². The number of carboxylic acid groups (broad SMARTS) is 1. The third kappa shape index (κ3) is 4.51. The van der Waals surface area contributed by atoms with E-state index < -0.39 is 35.9 Å². The number of carbonyl (C=O) groups excluding carboxylic acids is 3. The van der Waals surface area contributed by atoms with Crippen LogP contribution in [-0.4, -0.2) is 41.0 Å². The summed E-state index contributed by atoms with van der Waals surface area (Å²) in [6.07, 6.45) is 0.0333. The van der Waals surface area contributed by atoms with Crippen LogP contribution in [0, 0.1) is 0 Å². The second-order valence-electron chi connectivity index (χ2n) is 5.11. The third-order valence-corrected chi connectivity index (χ3v) is 3.26. The number of benzene rings is 1. The quantitative estimate of drug-likeness (QED) is 0.478. The summed E-state index contributed by atoms with van der Waals surface area (Å²) in [4.78, 5) is 45.1. The molecule has 0 unspecified atom stereocenters. The fourth-order valence-electron chi connectivity index (χ4n) is 2.06. The van der Waals surface area contributed by atoms with Gasteiger partial charge in [-0.1, -0.05) is 12.1 Å². The molecule has 1 heterocycles. The Morgan fingerprint density at radius 2 is 1.96 bits per heavy atom. The van der Waals surface area contributed by atoms with E-state index in [4.69, 9.17) is 10.8 Å². The maximum atomic E-state index is 12.0. The first-order valence-corrected chi connectivity index (χ1v) is 6.83. The molecule has 4 amide bonds. The molecular formula is C14H16N4O5. The van der Waals surface area contributed by atoms with Crippen molar-refractivity contribution in [2.75, 3.05) is 5.32 Å². The van der Waals surface area contributed by atoms with Crippen LogP contribution in [0.3, 0.4) is 0 Å². The monoisotopic (exact) mass is 320 g/mol. The molecule has 0 aliphatic carbocycles. The van der Waals surface area contributed by atoms with Crippen molar-refractivity contribution in [1.29, 1.82) is 0 Å². The maximum absolute atomic E-state index is 12.0. The van der Waals surface area contributed by atoms with Crippen molar-refractivity contribution < 1.29 is 24.3 Å². The summed E-state index contributed by atoms with van der Waals surface area (Å²) in [5.74, 6) is -2.12. The molecule has 9 nitrogen and oxygen atoms in total. The van der Waals surface area contributed by atoms with Crippen molar-refractivity contribution in [2.45, 2.75) is 24.9 Å². The second-order valence-corrected chi connectivity index (χ2v) is 5.11. The molecule has 0 spiro atoms. The summed E-state index contributed by atoms with van der Waals surface area (Å²) in [6, 6.07) is 3.83. The molecule has 122 valence electrons. The van der Waals surface area contributed by atoms with E-state index >= 15 is 0 Å². The minimum atomic E-state index is -1.09. The van der Waals surface area contributed by atoms with E-state index in [-0.39, 0.29) is 12.8 Å². The summed E-state index contributed by atoms with van der Waals surface area (Å²) in [5.41, 5.74) is 6.62. The van der Waals surface area contributed by atoms with E-state index in [0.29, 0.717) is 11.3 Å². The van der Waals surface area contributed by atoms with Gasteiger partial charge in [0.1, 0.15) is 12.1 Å². The van der Waals surface area contributed by atoms with Crippen molar-refractivity contribution in [3.8, 4) is 0 Å². The summed E-state index contributed by atoms with van der Waals surface area (Å²) in [6.45, 7) is 0.